The van der Waals surface area contributed by atoms with Crippen LogP contribution >= 0.6 is 0 Å². The topological polar surface area (TPSA) is 80.3 Å². The minimum absolute atomic E-state index is 0.0810. The summed E-state index contributed by atoms with van der Waals surface area (Å²) in [6, 6.07) is 0. The third-order valence-electron chi connectivity index (χ3n) is 3.41. The maximum absolute atomic E-state index is 12.1. The van der Waals surface area contributed by atoms with E-state index < -0.39 is 0 Å². The van der Waals surface area contributed by atoms with Crippen molar-refractivity contribution < 1.29 is 4.79 Å². The van der Waals surface area contributed by atoms with Crippen LogP contribution in [0.5, 0.6) is 0 Å². The molecule has 19 heavy (non-hydrogen) atoms. The molecule has 0 aliphatic carbocycles. The van der Waals surface area contributed by atoms with Gasteiger partial charge in [-0.1, -0.05) is 5.21 Å². The first-order chi connectivity index (χ1) is 9.20. The molecular formula is C12H22N6O. The highest BCUT2D eigenvalue weighted by molar-refractivity contribution is 5.91. The fourth-order valence-electron chi connectivity index (χ4n) is 2.23. The van der Waals surface area contributed by atoms with Crippen LogP contribution in [0.3, 0.4) is 0 Å². The molecule has 0 aromatic carbocycles. The molecule has 0 radical (unpaired) electrons. The predicted octanol–water partition coefficient (Wildman–Crippen LogP) is -0.595. The van der Waals surface area contributed by atoms with E-state index in [0.717, 1.165) is 26.2 Å². The SMILES string of the molecule is CN(CCN1CCCC1)C(=O)c1cn(CCN)nn1. The Morgan fingerprint density at radius 3 is 2.84 bits per heavy atom. The van der Waals surface area contributed by atoms with Crippen molar-refractivity contribution in [1.29, 1.82) is 0 Å². The van der Waals surface area contributed by atoms with Crippen molar-refractivity contribution in [3.05, 3.63) is 11.9 Å². The molecule has 2 heterocycles. The molecule has 1 aliphatic heterocycles. The molecule has 0 saturated carbocycles. The summed E-state index contributed by atoms with van der Waals surface area (Å²) in [7, 11) is 1.81. The van der Waals surface area contributed by atoms with E-state index in [0.29, 0.717) is 18.8 Å². The molecule has 0 atom stereocenters. The molecule has 0 spiro atoms. The van der Waals surface area contributed by atoms with E-state index in [1.165, 1.54) is 12.8 Å². The Labute approximate surface area is 113 Å². The number of nitrogens with two attached hydrogens (primary N) is 1. The number of hydrogen-bond acceptors (Lipinski definition) is 5. The van der Waals surface area contributed by atoms with Crippen LogP contribution < -0.4 is 5.73 Å². The van der Waals surface area contributed by atoms with Crippen LogP contribution in [0.25, 0.3) is 0 Å². The van der Waals surface area contributed by atoms with Crippen molar-refractivity contribution in [3.8, 4) is 0 Å². The van der Waals surface area contributed by atoms with Crippen LogP contribution in [0, 0.1) is 0 Å². The van der Waals surface area contributed by atoms with Gasteiger partial charge in [0.15, 0.2) is 5.69 Å². The molecular weight excluding hydrogens is 244 g/mol. The molecule has 1 fully saturated rings. The lowest BCUT2D eigenvalue weighted by Crippen LogP contribution is -2.35. The van der Waals surface area contributed by atoms with Gasteiger partial charge in [0.05, 0.1) is 12.7 Å². The Hall–Kier alpha value is -1.47. The first kappa shape index (κ1) is 14.0. The van der Waals surface area contributed by atoms with E-state index in [9.17, 15) is 4.79 Å². The van der Waals surface area contributed by atoms with Gasteiger partial charge in [-0.3, -0.25) is 9.48 Å². The molecule has 7 nitrogen and oxygen atoms in total. The van der Waals surface area contributed by atoms with Gasteiger partial charge in [0, 0.05) is 26.7 Å². The Balaban J connectivity index is 1.83. The Bertz CT molecular complexity index is 412. The minimum atomic E-state index is -0.0810. The van der Waals surface area contributed by atoms with Crippen LogP contribution in [0.2, 0.25) is 0 Å². The van der Waals surface area contributed by atoms with Gasteiger partial charge < -0.3 is 15.5 Å². The Morgan fingerprint density at radius 2 is 2.16 bits per heavy atom. The summed E-state index contributed by atoms with van der Waals surface area (Å²) < 4.78 is 1.60. The molecule has 0 bridgehead atoms. The summed E-state index contributed by atoms with van der Waals surface area (Å²) in [6.07, 6.45) is 4.19. The van der Waals surface area contributed by atoms with E-state index in [1.807, 2.05) is 0 Å². The number of hydrogen-bond donors (Lipinski definition) is 1. The second kappa shape index (κ2) is 6.63. The lowest BCUT2D eigenvalue weighted by atomic mass is 10.4. The average Bonchev–Trinajstić information content (AvgIpc) is 3.06. The molecule has 2 rings (SSSR count). The van der Waals surface area contributed by atoms with Gasteiger partial charge >= 0.3 is 0 Å². The summed E-state index contributed by atoms with van der Waals surface area (Å²) in [5.74, 6) is -0.0810. The van der Waals surface area contributed by atoms with E-state index in [2.05, 4.69) is 15.2 Å². The van der Waals surface area contributed by atoms with Gasteiger partial charge in [-0.15, -0.1) is 5.10 Å². The molecule has 0 unspecified atom stereocenters. The van der Waals surface area contributed by atoms with Gasteiger partial charge in [-0.2, -0.15) is 0 Å². The summed E-state index contributed by atoms with van der Waals surface area (Å²) in [5.41, 5.74) is 5.82. The predicted molar refractivity (Wildman–Crippen MR) is 71.7 cm³/mol. The number of likely N-dealkylation sites (tertiary alicyclic amines) is 1. The summed E-state index contributed by atoms with van der Waals surface area (Å²) in [6.45, 7) is 5.02. The number of likely N-dealkylation sites (N-methyl/N-ethyl adjacent to an activating group) is 1. The first-order valence-electron chi connectivity index (χ1n) is 6.78. The van der Waals surface area contributed by atoms with Crippen LogP contribution in [0.4, 0.5) is 0 Å². The number of carbonyl (C=O) groups excluding carboxylic acids is 1. The number of nitrogens with zero attached hydrogens (tertiary/aromatic N) is 5. The maximum atomic E-state index is 12.1. The number of aromatic nitrogens is 3. The van der Waals surface area contributed by atoms with Gasteiger partial charge in [0.25, 0.3) is 5.91 Å². The minimum Gasteiger partial charge on any atom is -0.339 e. The van der Waals surface area contributed by atoms with Crippen molar-refractivity contribution in [2.24, 2.45) is 5.73 Å². The summed E-state index contributed by atoms with van der Waals surface area (Å²) in [5, 5.41) is 7.76. The standard InChI is InChI=1S/C12H22N6O/c1-16(8-9-17-5-2-3-6-17)12(19)11-10-18(7-4-13)15-14-11/h10H,2-9,13H2,1H3. The van der Waals surface area contributed by atoms with Gasteiger partial charge in [-0.25, -0.2) is 0 Å². The van der Waals surface area contributed by atoms with E-state index >= 15 is 0 Å². The zero-order valence-electron chi connectivity index (χ0n) is 11.5. The number of amides is 1. The normalized spacial score (nSPS) is 15.9. The fraction of sp³-hybridized carbons (Fsp3) is 0.750. The lowest BCUT2D eigenvalue weighted by molar-refractivity contribution is 0.0776. The molecule has 1 aliphatic rings. The number of rotatable bonds is 6. The van der Waals surface area contributed by atoms with E-state index in [-0.39, 0.29) is 5.91 Å². The largest absolute Gasteiger partial charge is 0.339 e. The quantitative estimate of drug-likeness (QED) is 0.744. The molecule has 1 amide bonds. The maximum Gasteiger partial charge on any atom is 0.275 e. The zero-order chi connectivity index (χ0) is 13.7. The molecule has 7 heteroatoms. The highest BCUT2D eigenvalue weighted by Gasteiger charge is 2.17. The highest BCUT2D eigenvalue weighted by Crippen LogP contribution is 2.07. The van der Waals surface area contributed by atoms with E-state index in [1.54, 1.807) is 22.8 Å². The second-order valence-corrected chi connectivity index (χ2v) is 4.93. The monoisotopic (exact) mass is 266 g/mol. The first-order valence-corrected chi connectivity index (χ1v) is 6.78. The van der Waals surface area contributed by atoms with Gasteiger partial charge in [-0.05, 0) is 25.9 Å². The smallest absolute Gasteiger partial charge is 0.275 e. The molecule has 2 N–H and O–H groups in total. The Kier molecular flexibility index (Phi) is 4.86. The van der Waals surface area contributed by atoms with Crippen molar-refractivity contribution in [2.75, 3.05) is 39.8 Å². The van der Waals surface area contributed by atoms with Crippen LogP contribution in [-0.2, 0) is 6.54 Å². The van der Waals surface area contributed by atoms with E-state index in [4.69, 9.17) is 5.73 Å². The van der Waals surface area contributed by atoms with Crippen molar-refractivity contribution in [1.82, 2.24) is 24.8 Å². The second-order valence-electron chi connectivity index (χ2n) is 4.93. The third kappa shape index (κ3) is 3.74. The van der Waals surface area contributed by atoms with Crippen molar-refractivity contribution >= 4 is 5.91 Å². The van der Waals surface area contributed by atoms with Crippen molar-refractivity contribution in [3.63, 3.8) is 0 Å². The Morgan fingerprint density at radius 1 is 1.42 bits per heavy atom. The average molecular weight is 266 g/mol. The van der Waals surface area contributed by atoms with Crippen LogP contribution in [-0.4, -0.2) is 70.5 Å². The molecule has 1 aromatic rings. The lowest BCUT2D eigenvalue weighted by Gasteiger charge is -2.20. The fourth-order valence-corrected chi connectivity index (χ4v) is 2.23. The zero-order valence-corrected chi connectivity index (χ0v) is 11.5. The molecule has 1 aromatic heterocycles. The highest BCUT2D eigenvalue weighted by atomic mass is 16.2. The van der Waals surface area contributed by atoms with Crippen LogP contribution in [0.15, 0.2) is 6.20 Å². The van der Waals surface area contributed by atoms with Crippen LogP contribution in [0.1, 0.15) is 23.3 Å². The molecule has 106 valence electrons. The van der Waals surface area contributed by atoms with Crippen molar-refractivity contribution in [2.45, 2.75) is 19.4 Å². The summed E-state index contributed by atoms with van der Waals surface area (Å²) in [4.78, 5) is 16.2. The third-order valence-corrected chi connectivity index (χ3v) is 3.41. The van der Waals surface area contributed by atoms with Gasteiger partial charge in [0.1, 0.15) is 0 Å². The number of carbonyl (C=O) groups is 1. The van der Waals surface area contributed by atoms with Gasteiger partial charge in [0.2, 0.25) is 0 Å². The molecule has 1 saturated heterocycles. The summed E-state index contributed by atoms with van der Waals surface area (Å²) >= 11 is 0.